The van der Waals surface area contributed by atoms with Gasteiger partial charge in [0.15, 0.2) is 11.6 Å². The van der Waals surface area contributed by atoms with Gasteiger partial charge in [0, 0.05) is 21.9 Å². The lowest BCUT2D eigenvalue weighted by atomic mass is 9.67. The molecular weight excluding hydrogens is 609 g/mol. The molecule has 0 bridgehead atoms. The highest BCUT2D eigenvalue weighted by Gasteiger charge is 2.46. The van der Waals surface area contributed by atoms with Gasteiger partial charge in [0.05, 0.1) is 16.4 Å². The van der Waals surface area contributed by atoms with E-state index in [0.717, 1.165) is 32.9 Å². The van der Waals surface area contributed by atoms with Crippen molar-refractivity contribution in [2.45, 2.75) is 5.41 Å². The van der Waals surface area contributed by atoms with Gasteiger partial charge in [0.2, 0.25) is 5.95 Å². The Morgan fingerprint density at radius 3 is 1.50 bits per heavy atom. The second-order valence-electron chi connectivity index (χ2n) is 12.8. The first-order chi connectivity index (χ1) is 24.8. The number of hydrogen-bond donors (Lipinski definition) is 0. The minimum absolute atomic E-state index is 0.520. The summed E-state index contributed by atoms with van der Waals surface area (Å²) < 4.78 is 2.22. The zero-order valence-electron chi connectivity index (χ0n) is 27.1. The summed E-state index contributed by atoms with van der Waals surface area (Å²) in [5.41, 5.74) is 11.0. The topological polar surface area (TPSA) is 43.6 Å². The van der Waals surface area contributed by atoms with E-state index in [4.69, 9.17) is 15.0 Å². The molecule has 0 fully saturated rings. The molecule has 0 atom stereocenters. The molecule has 4 nitrogen and oxygen atoms in total. The average molecular weight is 639 g/mol. The number of aromatic nitrogens is 4. The maximum atomic E-state index is 5.19. The number of nitrogens with zero attached hydrogens (tertiary/aromatic N) is 4. The van der Waals surface area contributed by atoms with E-state index >= 15 is 0 Å². The molecule has 2 heterocycles. The maximum Gasteiger partial charge on any atom is 0.238 e. The largest absolute Gasteiger partial charge is 0.278 e. The van der Waals surface area contributed by atoms with Crippen LogP contribution in [-0.4, -0.2) is 19.5 Å². The van der Waals surface area contributed by atoms with Crippen molar-refractivity contribution in [1.29, 1.82) is 0 Å². The second kappa shape index (κ2) is 11.2. The van der Waals surface area contributed by atoms with E-state index in [2.05, 4.69) is 150 Å². The van der Waals surface area contributed by atoms with Crippen LogP contribution in [0.3, 0.4) is 0 Å². The summed E-state index contributed by atoms with van der Waals surface area (Å²) in [5, 5.41) is 2.30. The van der Waals surface area contributed by atoms with E-state index < -0.39 is 5.41 Å². The predicted octanol–water partition coefficient (Wildman–Crippen LogP) is 10.7. The first-order valence-corrected chi connectivity index (χ1v) is 17.0. The molecule has 10 rings (SSSR count). The van der Waals surface area contributed by atoms with Crippen molar-refractivity contribution in [3.63, 3.8) is 0 Å². The van der Waals surface area contributed by atoms with Crippen LogP contribution >= 0.6 is 0 Å². The third-order valence-electron chi connectivity index (χ3n) is 10.2. The summed E-state index contributed by atoms with van der Waals surface area (Å²) in [5.74, 6) is 1.86. The number of para-hydroxylation sites is 1. The van der Waals surface area contributed by atoms with Crippen LogP contribution < -0.4 is 0 Å². The van der Waals surface area contributed by atoms with Crippen molar-refractivity contribution in [2.24, 2.45) is 0 Å². The minimum Gasteiger partial charge on any atom is -0.278 e. The molecule has 0 radical (unpaired) electrons. The molecule has 234 valence electrons. The van der Waals surface area contributed by atoms with Crippen molar-refractivity contribution in [3.05, 3.63) is 204 Å². The smallest absolute Gasteiger partial charge is 0.238 e. The monoisotopic (exact) mass is 638 g/mol. The third-order valence-corrected chi connectivity index (χ3v) is 10.2. The van der Waals surface area contributed by atoms with Gasteiger partial charge in [-0.3, -0.25) is 4.57 Å². The molecule has 0 saturated heterocycles. The normalized spacial score (nSPS) is 13.0. The summed E-state index contributed by atoms with van der Waals surface area (Å²) in [7, 11) is 0. The molecule has 1 aliphatic rings. The van der Waals surface area contributed by atoms with Gasteiger partial charge in [-0.25, -0.2) is 4.98 Å². The molecule has 9 aromatic rings. The van der Waals surface area contributed by atoms with Gasteiger partial charge >= 0.3 is 0 Å². The highest BCUT2D eigenvalue weighted by Crippen LogP contribution is 2.56. The van der Waals surface area contributed by atoms with Crippen LogP contribution in [0.25, 0.3) is 61.7 Å². The van der Waals surface area contributed by atoms with Crippen LogP contribution in [0, 0.1) is 0 Å². The Morgan fingerprint density at radius 2 is 0.880 bits per heavy atom. The summed E-state index contributed by atoms with van der Waals surface area (Å²) >= 11 is 0. The summed E-state index contributed by atoms with van der Waals surface area (Å²) in [4.78, 5) is 15.4. The molecule has 7 aromatic carbocycles. The number of rotatable bonds is 5. The quantitative estimate of drug-likeness (QED) is 0.188. The molecule has 0 N–H and O–H groups in total. The van der Waals surface area contributed by atoms with Gasteiger partial charge in [0.25, 0.3) is 0 Å². The molecule has 0 unspecified atom stereocenters. The van der Waals surface area contributed by atoms with Crippen molar-refractivity contribution < 1.29 is 0 Å². The van der Waals surface area contributed by atoms with Crippen LogP contribution in [-0.2, 0) is 5.41 Å². The molecule has 4 heteroatoms. The lowest BCUT2D eigenvalue weighted by molar-refractivity contribution is 0.769. The van der Waals surface area contributed by atoms with Crippen LogP contribution in [0.5, 0.6) is 0 Å². The van der Waals surface area contributed by atoms with Crippen molar-refractivity contribution in [3.8, 4) is 39.9 Å². The van der Waals surface area contributed by atoms with Crippen molar-refractivity contribution in [2.75, 3.05) is 0 Å². The Hall–Kier alpha value is -6.65. The highest BCUT2D eigenvalue weighted by atomic mass is 15.2. The molecule has 0 amide bonds. The van der Waals surface area contributed by atoms with Crippen LogP contribution in [0.15, 0.2) is 182 Å². The van der Waals surface area contributed by atoms with Gasteiger partial charge in [-0.2, -0.15) is 9.97 Å². The van der Waals surface area contributed by atoms with E-state index in [-0.39, 0.29) is 0 Å². The van der Waals surface area contributed by atoms with Crippen LogP contribution in [0.2, 0.25) is 0 Å². The van der Waals surface area contributed by atoms with E-state index in [1.807, 2.05) is 36.4 Å². The molecule has 1 aliphatic carbocycles. The van der Waals surface area contributed by atoms with Gasteiger partial charge in [0.1, 0.15) is 0 Å². The third kappa shape index (κ3) is 4.15. The first-order valence-electron chi connectivity index (χ1n) is 17.0. The van der Waals surface area contributed by atoms with Gasteiger partial charge in [-0.15, -0.1) is 0 Å². The van der Waals surface area contributed by atoms with Crippen molar-refractivity contribution >= 4 is 21.8 Å². The standard InChI is InChI=1S/C46H30N4/c1-4-16-31(17-5-1)43-47-44(32-18-6-2-7-19-32)49-45(48-43)50-41-27-15-12-24-37(41)38-29-28-34(30-42(38)50)46(33-20-8-3-9-21-33)39-25-13-10-22-35(39)36-23-11-14-26-40(36)46/h1-30H. The lowest BCUT2D eigenvalue weighted by Gasteiger charge is -2.34. The number of benzene rings is 7. The Kier molecular flexibility index (Phi) is 6.36. The average Bonchev–Trinajstić information content (AvgIpc) is 3.69. The van der Waals surface area contributed by atoms with Crippen molar-refractivity contribution in [1.82, 2.24) is 19.5 Å². The fourth-order valence-electron chi connectivity index (χ4n) is 8.03. The number of hydrogen-bond acceptors (Lipinski definition) is 3. The lowest BCUT2D eigenvalue weighted by Crippen LogP contribution is -2.28. The van der Waals surface area contributed by atoms with Gasteiger partial charge in [-0.05, 0) is 45.5 Å². The predicted molar refractivity (Wildman–Crippen MR) is 202 cm³/mol. The van der Waals surface area contributed by atoms with Crippen LogP contribution in [0.4, 0.5) is 0 Å². The molecule has 0 spiro atoms. The van der Waals surface area contributed by atoms with E-state index in [1.165, 1.54) is 33.4 Å². The molecule has 2 aromatic heterocycles. The van der Waals surface area contributed by atoms with Crippen LogP contribution in [0.1, 0.15) is 22.3 Å². The molecule has 0 saturated carbocycles. The van der Waals surface area contributed by atoms with Gasteiger partial charge < -0.3 is 0 Å². The van der Waals surface area contributed by atoms with Gasteiger partial charge in [-0.1, -0.05) is 170 Å². The zero-order chi connectivity index (χ0) is 33.1. The SMILES string of the molecule is c1ccc(-c2nc(-c3ccccc3)nc(-n3c4ccccc4c4ccc(C5(c6ccccc6)c6ccccc6-c6ccccc65)cc43)n2)cc1. The fraction of sp³-hybridized carbons (Fsp3) is 0.0217. The fourth-order valence-corrected chi connectivity index (χ4v) is 8.03. The summed E-state index contributed by atoms with van der Waals surface area (Å²) in [6, 6.07) is 64.5. The maximum absolute atomic E-state index is 5.19. The Labute approximate surface area is 290 Å². The molecule has 0 aliphatic heterocycles. The van der Waals surface area contributed by atoms with E-state index in [1.54, 1.807) is 0 Å². The second-order valence-corrected chi connectivity index (χ2v) is 12.8. The first kappa shape index (κ1) is 28.4. The van der Waals surface area contributed by atoms with E-state index in [0.29, 0.717) is 17.6 Å². The van der Waals surface area contributed by atoms with E-state index in [9.17, 15) is 0 Å². The zero-order valence-corrected chi connectivity index (χ0v) is 27.1. The Balaban J connectivity index is 1.31. The minimum atomic E-state index is -0.520. The molecular formula is C46H30N4. The number of fused-ring (bicyclic) bond motifs is 6. The summed E-state index contributed by atoms with van der Waals surface area (Å²) in [6.45, 7) is 0. The summed E-state index contributed by atoms with van der Waals surface area (Å²) in [6.07, 6.45) is 0. The Morgan fingerprint density at radius 1 is 0.380 bits per heavy atom. The molecule has 50 heavy (non-hydrogen) atoms. The highest BCUT2D eigenvalue weighted by molar-refractivity contribution is 6.09. The Bertz CT molecular complexity index is 2590.